The summed E-state index contributed by atoms with van der Waals surface area (Å²) < 4.78 is 10.6. The molecule has 0 spiro atoms. The molecular formula is C22H20N2O4. The van der Waals surface area contributed by atoms with Crippen LogP contribution >= 0.6 is 0 Å². The summed E-state index contributed by atoms with van der Waals surface area (Å²) in [6.07, 6.45) is 2.41. The van der Waals surface area contributed by atoms with Crippen molar-refractivity contribution in [1.82, 2.24) is 0 Å². The molecule has 0 atom stereocenters. The van der Waals surface area contributed by atoms with Crippen LogP contribution in [0.15, 0.2) is 71.3 Å². The number of anilines is 2. The number of carbonyl (C=O) groups excluding carboxylic acids is 2. The molecule has 1 aliphatic heterocycles. The van der Waals surface area contributed by atoms with Gasteiger partial charge in [0.05, 0.1) is 18.4 Å². The zero-order chi connectivity index (χ0) is 19.3. The van der Waals surface area contributed by atoms with Crippen LogP contribution in [0.4, 0.5) is 11.4 Å². The SMILES string of the molecule is O=C(OCC(=O)N1CCc2ccccc21)c1ccccc1NCc1ccco1. The number of furan rings is 1. The van der Waals surface area contributed by atoms with Crippen molar-refractivity contribution in [3.8, 4) is 0 Å². The number of amides is 1. The summed E-state index contributed by atoms with van der Waals surface area (Å²) in [4.78, 5) is 26.7. The Bertz CT molecular complexity index is 982. The number of hydrogen-bond donors (Lipinski definition) is 1. The van der Waals surface area contributed by atoms with Gasteiger partial charge in [0.2, 0.25) is 0 Å². The molecule has 3 aromatic rings. The van der Waals surface area contributed by atoms with Gasteiger partial charge < -0.3 is 19.4 Å². The highest BCUT2D eigenvalue weighted by Gasteiger charge is 2.25. The fourth-order valence-corrected chi connectivity index (χ4v) is 3.29. The Kier molecular flexibility index (Phi) is 5.10. The standard InChI is InChI=1S/C22H20N2O4/c25-21(24-12-11-16-6-1-4-10-20(16)24)15-28-22(26)18-8-2-3-9-19(18)23-14-17-7-5-13-27-17/h1-10,13,23H,11-12,14-15H2. The lowest BCUT2D eigenvalue weighted by Crippen LogP contribution is -2.33. The molecule has 1 aliphatic rings. The Labute approximate surface area is 162 Å². The van der Waals surface area contributed by atoms with Crippen molar-refractivity contribution in [1.29, 1.82) is 0 Å². The molecule has 2 heterocycles. The van der Waals surface area contributed by atoms with Crippen LogP contribution in [0.3, 0.4) is 0 Å². The van der Waals surface area contributed by atoms with Crippen molar-refractivity contribution in [3.63, 3.8) is 0 Å². The summed E-state index contributed by atoms with van der Waals surface area (Å²) in [5.74, 6) is -0.00579. The normalized spacial score (nSPS) is 12.5. The van der Waals surface area contributed by atoms with Crippen molar-refractivity contribution < 1.29 is 18.7 Å². The van der Waals surface area contributed by atoms with Gasteiger partial charge in [0.1, 0.15) is 5.76 Å². The van der Waals surface area contributed by atoms with Crippen LogP contribution in [0.1, 0.15) is 21.7 Å². The molecule has 0 radical (unpaired) electrons. The van der Waals surface area contributed by atoms with E-state index in [2.05, 4.69) is 5.32 Å². The number of nitrogens with zero attached hydrogens (tertiary/aromatic N) is 1. The molecule has 0 aliphatic carbocycles. The topological polar surface area (TPSA) is 71.8 Å². The predicted octanol–water partition coefficient (Wildman–Crippen LogP) is 3.64. The first kappa shape index (κ1) is 17.9. The number of hydrogen-bond acceptors (Lipinski definition) is 5. The van der Waals surface area contributed by atoms with Crippen LogP contribution < -0.4 is 10.2 Å². The van der Waals surface area contributed by atoms with E-state index in [4.69, 9.17) is 9.15 Å². The first-order chi connectivity index (χ1) is 13.7. The second-order valence-electron chi connectivity index (χ2n) is 6.48. The lowest BCUT2D eigenvalue weighted by Gasteiger charge is -2.17. The molecule has 142 valence electrons. The van der Waals surface area contributed by atoms with Crippen LogP contribution in [-0.4, -0.2) is 25.0 Å². The van der Waals surface area contributed by atoms with E-state index in [0.717, 1.165) is 23.4 Å². The monoisotopic (exact) mass is 376 g/mol. The summed E-state index contributed by atoms with van der Waals surface area (Å²) in [5, 5.41) is 3.16. The second kappa shape index (κ2) is 8.00. The van der Waals surface area contributed by atoms with Crippen LogP contribution in [0.2, 0.25) is 0 Å². The van der Waals surface area contributed by atoms with Gasteiger partial charge in [-0.2, -0.15) is 0 Å². The Hall–Kier alpha value is -3.54. The first-order valence-electron chi connectivity index (χ1n) is 9.13. The van der Waals surface area contributed by atoms with Crippen molar-refractivity contribution in [2.75, 3.05) is 23.4 Å². The smallest absolute Gasteiger partial charge is 0.340 e. The number of carbonyl (C=O) groups is 2. The summed E-state index contributed by atoms with van der Waals surface area (Å²) in [5.41, 5.74) is 3.03. The molecule has 28 heavy (non-hydrogen) atoms. The Morgan fingerprint density at radius 1 is 1.04 bits per heavy atom. The van der Waals surface area contributed by atoms with Gasteiger partial charge in [-0.05, 0) is 42.3 Å². The molecule has 1 aromatic heterocycles. The average molecular weight is 376 g/mol. The summed E-state index contributed by atoms with van der Waals surface area (Å²) in [7, 11) is 0. The van der Waals surface area contributed by atoms with E-state index in [9.17, 15) is 9.59 Å². The summed E-state index contributed by atoms with van der Waals surface area (Å²) in [6.45, 7) is 0.761. The first-order valence-corrected chi connectivity index (χ1v) is 9.13. The molecule has 6 nitrogen and oxygen atoms in total. The molecule has 0 unspecified atom stereocenters. The fraction of sp³-hybridized carbons (Fsp3) is 0.182. The van der Waals surface area contributed by atoms with Crippen molar-refractivity contribution in [2.45, 2.75) is 13.0 Å². The Morgan fingerprint density at radius 3 is 2.71 bits per heavy atom. The van der Waals surface area contributed by atoms with Crippen LogP contribution in [0.25, 0.3) is 0 Å². The summed E-state index contributed by atoms with van der Waals surface area (Å²) in [6, 6.07) is 18.5. The molecule has 0 saturated carbocycles. The average Bonchev–Trinajstić information content (AvgIpc) is 3.40. The van der Waals surface area contributed by atoms with E-state index in [-0.39, 0.29) is 12.5 Å². The van der Waals surface area contributed by atoms with Crippen LogP contribution in [-0.2, 0) is 22.5 Å². The van der Waals surface area contributed by atoms with E-state index >= 15 is 0 Å². The minimum Gasteiger partial charge on any atom is -0.467 e. The Morgan fingerprint density at radius 2 is 1.86 bits per heavy atom. The molecule has 4 rings (SSSR count). The number of fused-ring (bicyclic) bond motifs is 1. The molecule has 0 fully saturated rings. The van der Waals surface area contributed by atoms with Crippen molar-refractivity contribution in [3.05, 3.63) is 83.8 Å². The molecule has 6 heteroatoms. The number of esters is 1. The van der Waals surface area contributed by atoms with Gasteiger partial charge in [0.15, 0.2) is 6.61 Å². The van der Waals surface area contributed by atoms with E-state index in [1.54, 1.807) is 35.4 Å². The van der Waals surface area contributed by atoms with E-state index in [0.29, 0.717) is 24.3 Å². The van der Waals surface area contributed by atoms with E-state index in [1.807, 2.05) is 36.4 Å². The quantitative estimate of drug-likeness (QED) is 0.665. The maximum absolute atomic E-state index is 12.5. The Balaban J connectivity index is 1.38. The van der Waals surface area contributed by atoms with Crippen molar-refractivity contribution >= 4 is 23.3 Å². The van der Waals surface area contributed by atoms with E-state index < -0.39 is 5.97 Å². The number of para-hydroxylation sites is 2. The van der Waals surface area contributed by atoms with Gasteiger partial charge in [0.25, 0.3) is 5.91 Å². The van der Waals surface area contributed by atoms with Gasteiger partial charge in [0, 0.05) is 17.9 Å². The highest BCUT2D eigenvalue weighted by Crippen LogP contribution is 2.27. The zero-order valence-corrected chi connectivity index (χ0v) is 15.3. The lowest BCUT2D eigenvalue weighted by molar-refractivity contribution is -0.121. The van der Waals surface area contributed by atoms with Gasteiger partial charge in [-0.25, -0.2) is 4.79 Å². The van der Waals surface area contributed by atoms with Crippen LogP contribution in [0.5, 0.6) is 0 Å². The van der Waals surface area contributed by atoms with Gasteiger partial charge >= 0.3 is 5.97 Å². The largest absolute Gasteiger partial charge is 0.467 e. The van der Waals surface area contributed by atoms with Gasteiger partial charge in [-0.15, -0.1) is 0 Å². The van der Waals surface area contributed by atoms with E-state index in [1.165, 1.54) is 0 Å². The minimum atomic E-state index is -0.539. The fourth-order valence-electron chi connectivity index (χ4n) is 3.29. The highest BCUT2D eigenvalue weighted by molar-refractivity contribution is 6.00. The molecular weight excluding hydrogens is 356 g/mol. The molecule has 0 saturated heterocycles. The molecule has 2 aromatic carbocycles. The third-order valence-electron chi connectivity index (χ3n) is 4.70. The maximum Gasteiger partial charge on any atom is 0.340 e. The summed E-state index contributed by atoms with van der Waals surface area (Å²) >= 11 is 0. The lowest BCUT2D eigenvalue weighted by atomic mass is 10.2. The zero-order valence-electron chi connectivity index (χ0n) is 15.3. The van der Waals surface area contributed by atoms with Gasteiger partial charge in [-0.3, -0.25) is 4.79 Å². The minimum absolute atomic E-state index is 0.223. The molecule has 0 bridgehead atoms. The van der Waals surface area contributed by atoms with Crippen LogP contribution in [0, 0.1) is 0 Å². The highest BCUT2D eigenvalue weighted by atomic mass is 16.5. The predicted molar refractivity (Wildman–Crippen MR) is 105 cm³/mol. The second-order valence-corrected chi connectivity index (χ2v) is 6.48. The van der Waals surface area contributed by atoms with Gasteiger partial charge in [-0.1, -0.05) is 30.3 Å². The number of ether oxygens (including phenoxy) is 1. The van der Waals surface area contributed by atoms with Crippen molar-refractivity contribution in [2.24, 2.45) is 0 Å². The third kappa shape index (κ3) is 3.76. The molecule has 1 amide bonds. The number of nitrogens with one attached hydrogen (secondary N) is 1. The number of rotatable bonds is 6. The maximum atomic E-state index is 12.5. The number of benzene rings is 2. The third-order valence-corrected chi connectivity index (χ3v) is 4.70. The molecule has 1 N–H and O–H groups in total.